The maximum absolute atomic E-state index is 12.9. The summed E-state index contributed by atoms with van der Waals surface area (Å²) in [7, 11) is 2.72. The highest BCUT2D eigenvalue weighted by Gasteiger charge is 2.38. The highest BCUT2D eigenvalue weighted by Crippen LogP contribution is 2.45. The van der Waals surface area contributed by atoms with E-state index < -0.39 is 21.1 Å². The highest BCUT2D eigenvalue weighted by atomic mass is 35.7. The molecule has 1 saturated carbocycles. The number of benzene rings is 1. The van der Waals surface area contributed by atoms with Crippen LogP contribution in [0.15, 0.2) is 17.0 Å². The molecule has 0 spiro atoms. The average Bonchev–Trinajstić information content (AvgIpc) is 3.23. The molecule has 2 aromatic rings. The van der Waals surface area contributed by atoms with Crippen LogP contribution in [0.5, 0.6) is 0 Å². The fourth-order valence-corrected chi connectivity index (χ4v) is 3.82. The lowest BCUT2D eigenvalue weighted by atomic mass is 10.1. The molecule has 12 heteroatoms. The molecular formula is C13H11Cl2F3N4O2S. The molecule has 1 aliphatic carbocycles. The van der Waals surface area contributed by atoms with Crippen LogP contribution in [0.3, 0.4) is 0 Å². The van der Waals surface area contributed by atoms with Crippen LogP contribution in [-0.4, -0.2) is 30.2 Å². The van der Waals surface area contributed by atoms with E-state index in [9.17, 15) is 21.6 Å². The molecule has 1 fully saturated rings. The van der Waals surface area contributed by atoms with Crippen LogP contribution < -0.4 is 5.32 Å². The van der Waals surface area contributed by atoms with Gasteiger partial charge in [-0.25, -0.2) is 8.42 Å². The summed E-state index contributed by atoms with van der Waals surface area (Å²) in [5, 5.41) is 5.91. The SMILES string of the molecule is CNc1nc(C(F)(F)F)nn1-c1cc(S(=O)(=O)Cl)c(C2CC2)cc1Cl. The topological polar surface area (TPSA) is 76.9 Å². The standard InChI is InChI=1S/C13H11Cl2F3N4O2S/c1-19-12-20-11(13(16,17)18)21-22(12)9-5-10(25(15,23)24)7(4-8(9)14)6-2-3-6/h4-6H,2-3H2,1H3,(H,19,20,21). The molecule has 136 valence electrons. The van der Waals surface area contributed by atoms with Crippen molar-refractivity contribution in [2.75, 3.05) is 12.4 Å². The first-order valence-electron chi connectivity index (χ1n) is 7.03. The highest BCUT2D eigenvalue weighted by molar-refractivity contribution is 8.13. The third-order valence-electron chi connectivity index (χ3n) is 3.67. The van der Waals surface area contributed by atoms with Crippen molar-refractivity contribution in [2.45, 2.75) is 29.8 Å². The smallest absolute Gasteiger partial charge is 0.357 e. The van der Waals surface area contributed by atoms with Crippen LogP contribution in [-0.2, 0) is 15.2 Å². The normalized spacial score (nSPS) is 15.4. The van der Waals surface area contributed by atoms with Crippen molar-refractivity contribution in [3.63, 3.8) is 0 Å². The van der Waals surface area contributed by atoms with Crippen LogP contribution in [0.1, 0.15) is 30.1 Å². The third kappa shape index (κ3) is 3.56. The molecule has 0 aliphatic heterocycles. The van der Waals surface area contributed by atoms with Gasteiger partial charge in [-0.15, -0.1) is 5.10 Å². The first-order chi connectivity index (χ1) is 11.5. The molecule has 0 amide bonds. The number of hydrogen-bond donors (Lipinski definition) is 1. The second-order valence-corrected chi connectivity index (χ2v) is 8.41. The molecule has 0 unspecified atom stereocenters. The predicted molar refractivity (Wildman–Crippen MR) is 85.9 cm³/mol. The van der Waals surface area contributed by atoms with Crippen LogP contribution in [0.4, 0.5) is 19.1 Å². The maximum Gasteiger partial charge on any atom is 0.453 e. The van der Waals surface area contributed by atoms with Gasteiger partial charge in [0.25, 0.3) is 14.9 Å². The first-order valence-corrected chi connectivity index (χ1v) is 9.71. The van der Waals surface area contributed by atoms with Gasteiger partial charge < -0.3 is 5.32 Å². The summed E-state index contributed by atoms with van der Waals surface area (Å²) in [6.45, 7) is 0. The van der Waals surface area contributed by atoms with Gasteiger partial charge in [-0.1, -0.05) is 11.6 Å². The molecule has 0 radical (unpaired) electrons. The van der Waals surface area contributed by atoms with Crippen molar-refractivity contribution >= 4 is 37.3 Å². The largest absolute Gasteiger partial charge is 0.453 e. The average molecular weight is 415 g/mol. The van der Waals surface area contributed by atoms with E-state index in [1.165, 1.54) is 13.1 Å². The minimum Gasteiger partial charge on any atom is -0.357 e. The van der Waals surface area contributed by atoms with Crippen molar-refractivity contribution in [3.8, 4) is 5.69 Å². The predicted octanol–water partition coefficient (Wildman–Crippen LogP) is 3.79. The van der Waals surface area contributed by atoms with Gasteiger partial charge in [-0.3, -0.25) is 0 Å². The fourth-order valence-electron chi connectivity index (χ4n) is 2.41. The molecule has 6 nitrogen and oxygen atoms in total. The lowest BCUT2D eigenvalue weighted by Crippen LogP contribution is -2.09. The van der Waals surface area contributed by atoms with E-state index >= 15 is 0 Å². The molecular weight excluding hydrogens is 404 g/mol. The summed E-state index contributed by atoms with van der Waals surface area (Å²) in [4.78, 5) is 3.16. The van der Waals surface area contributed by atoms with Crippen molar-refractivity contribution in [3.05, 3.63) is 28.5 Å². The zero-order valence-corrected chi connectivity index (χ0v) is 14.9. The van der Waals surface area contributed by atoms with Gasteiger partial charge in [0.1, 0.15) is 0 Å². The molecule has 25 heavy (non-hydrogen) atoms. The zero-order chi connectivity index (χ0) is 18.6. The molecule has 1 aromatic heterocycles. The Kier molecular flexibility index (Phi) is 4.41. The maximum atomic E-state index is 12.9. The Morgan fingerprint density at radius 2 is 1.96 bits per heavy atom. The number of nitrogens with zero attached hydrogens (tertiary/aromatic N) is 3. The molecule has 1 aromatic carbocycles. The fraction of sp³-hybridized carbons (Fsp3) is 0.385. The van der Waals surface area contributed by atoms with Crippen molar-refractivity contribution in [1.29, 1.82) is 0 Å². The number of anilines is 1. The molecule has 1 N–H and O–H groups in total. The van der Waals surface area contributed by atoms with Gasteiger partial charge in [-0.2, -0.15) is 22.8 Å². The van der Waals surface area contributed by atoms with E-state index in [1.807, 2.05) is 0 Å². The van der Waals surface area contributed by atoms with E-state index in [2.05, 4.69) is 15.4 Å². The lowest BCUT2D eigenvalue weighted by molar-refractivity contribution is -0.144. The van der Waals surface area contributed by atoms with Crippen molar-refractivity contribution < 1.29 is 21.6 Å². The second kappa shape index (κ2) is 6.03. The summed E-state index contributed by atoms with van der Waals surface area (Å²) in [6, 6.07) is 2.52. The summed E-state index contributed by atoms with van der Waals surface area (Å²) < 4.78 is 63.2. The molecule has 0 bridgehead atoms. The van der Waals surface area contributed by atoms with E-state index in [0.29, 0.717) is 5.56 Å². The van der Waals surface area contributed by atoms with Gasteiger partial charge in [0.15, 0.2) is 0 Å². The number of halogens is 5. The second-order valence-electron chi connectivity index (χ2n) is 5.47. The number of nitrogens with one attached hydrogen (secondary N) is 1. The summed E-state index contributed by atoms with van der Waals surface area (Å²) in [5.74, 6) is -1.61. The molecule has 0 saturated heterocycles. The van der Waals surface area contributed by atoms with Gasteiger partial charge >= 0.3 is 6.18 Å². The van der Waals surface area contributed by atoms with Crippen molar-refractivity contribution in [1.82, 2.24) is 14.8 Å². The third-order valence-corrected chi connectivity index (χ3v) is 5.35. The van der Waals surface area contributed by atoms with Crippen LogP contribution >= 0.6 is 22.3 Å². The minimum atomic E-state index is -4.77. The molecule has 3 rings (SSSR count). The van der Waals surface area contributed by atoms with Gasteiger partial charge in [0.05, 0.1) is 15.6 Å². The molecule has 0 atom stereocenters. The van der Waals surface area contributed by atoms with E-state index in [1.54, 1.807) is 0 Å². The number of hydrogen-bond acceptors (Lipinski definition) is 5. The number of rotatable bonds is 4. The quantitative estimate of drug-likeness (QED) is 0.770. The van der Waals surface area contributed by atoms with E-state index in [4.69, 9.17) is 22.3 Å². The first kappa shape index (κ1) is 18.3. The lowest BCUT2D eigenvalue weighted by Gasteiger charge is -2.12. The molecule has 1 aliphatic rings. The van der Waals surface area contributed by atoms with Crippen molar-refractivity contribution in [2.24, 2.45) is 0 Å². The summed E-state index contributed by atoms with van der Waals surface area (Å²) in [5.41, 5.74) is 0.378. The van der Waals surface area contributed by atoms with Gasteiger partial charge in [-0.05, 0) is 36.5 Å². The monoisotopic (exact) mass is 414 g/mol. The zero-order valence-electron chi connectivity index (χ0n) is 12.6. The summed E-state index contributed by atoms with van der Waals surface area (Å²) >= 11 is 6.17. The Labute approximate surface area is 150 Å². The van der Waals surface area contributed by atoms with E-state index in [-0.39, 0.29) is 27.5 Å². The Balaban J connectivity index is 2.23. The van der Waals surface area contributed by atoms with E-state index in [0.717, 1.165) is 23.6 Å². The van der Waals surface area contributed by atoms with Gasteiger partial charge in [0.2, 0.25) is 5.95 Å². The Hall–Kier alpha value is -1.52. The van der Waals surface area contributed by atoms with Crippen LogP contribution in [0.2, 0.25) is 5.02 Å². The Morgan fingerprint density at radius 3 is 2.44 bits per heavy atom. The minimum absolute atomic E-state index is 0.0142. The van der Waals surface area contributed by atoms with Crippen LogP contribution in [0.25, 0.3) is 5.69 Å². The van der Waals surface area contributed by atoms with Gasteiger partial charge in [0, 0.05) is 17.7 Å². The number of aromatic nitrogens is 3. The van der Waals surface area contributed by atoms with Crippen LogP contribution in [0, 0.1) is 0 Å². The molecule has 1 heterocycles. The summed E-state index contributed by atoms with van der Waals surface area (Å²) in [6.07, 6.45) is -3.19. The number of alkyl halides is 3. The Morgan fingerprint density at radius 1 is 1.32 bits per heavy atom. The Bertz CT molecular complexity index is 939.